The van der Waals surface area contributed by atoms with E-state index in [-0.39, 0.29) is 12.6 Å². The predicted molar refractivity (Wildman–Crippen MR) is 78.4 cm³/mol. The van der Waals surface area contributed by atoms with Gasteiger partial charge in [-0.15, -0.1) is 6.58 Å². The number of hydrogen-bond acceptors (Lipinski definition) is 2. The summed E-state index contributed by atoms with van der Waals surface area (Å²) in [4.78, 5) is 13.5. The van der Waals surface area contributed by atoms with E-state index < -0.39 is 0 Å². The van der Waals surface area contributed by atoms with Gasteiger partial charge in [0.25, 0.3) is 0 Å². The molecular formula is C15H22N2O2. The topological polar surface area (TPSA) is 52.6 Å². The van der Waals surface area contributed by atoms with E-state index in [1.807, 2.05) is 18.2 Å². The number of rotatable bonds is 6. The number of aliphatic hydroxyl groups excluding tert-OH is 1. The van der Waals surface area contributed by atoms with Gasteiger partial charge in [-0.05, 0) is 36.6 Å². The Morgan fingerprint density at radius 3 is 2.84 bits per heavy atom. The minimum absolute atomic E-state index is 0.0602. The van der Waals surface area contributed by atoms with Crippen molar-refractivity contribution in [1.29, 1.82) is 0 Å². The minimum Gasteiger partial charge on any atom is -0.395 e. The van der Waals surface area contributed by atoms with E-state index in [0.717, 1.165) is 12.1 Å². The Hall–Kier alpha value is -1.81. The standard InChI is InChI=1S/C15H22N2O2/c1-4-8-17(9-10-18)15(19)16-14-7-6-12(3)13(5-2)11-14/h4,6-7,11,18H,1,5,8-10H2,2-3H3,(H,16,19). The Balaban J connectivity index is 2.77. The van der Waals surface area contributed by atoms with Gasteiger partial charge in [0.2, 0.25) is 0 Å². The number of benzene rings is 1. The van der Waals surface area contributed by atoms with Gasteiger partial charge in [-0.2, -0.15) is 0 Å². The van der Waals surface area contributed by atoms with Crippen LogP contribution in [0.1, 0.15) is 18.1 Å². The molecule has 0 atom stereocenters. The zero-order valence-corrected chi connectivity index (χ0v) is 11.6. The van der Waals surface area contributed by atoms with E-state index in [1.54, 1.807) is 6.08 Å². The van der Waals surface area contributed by atoms with Crippen LogP contribution in [0.15, 0.2) is 30.9 Å². The van der Waals surface area contributed by atoms with Crippen LogP contribution in [0.3, 0.4) is 0 Å². The van der Waals surface area contributed by atoms with E-state index in [2.05, 4.69) is 25.7 Å². The highest BCUT2D eigenvalue weighted by Gasteiger charge is 2.11. The van der Waals surface area contributed by atoms with Crippen molar-refractivity contribution >= 4 is 11.7 Å². The number of hydrogen-bond donors (Lipinski definition) is 2. The molecule has 104 valence electrons. The highest BCUT2D eigenvalue weighted by Crippen LogP contribution is 2.16. The highest BCUT2D eigenvalue weighted by molar-refractivity contribution is 5.89. The molecule has 0 aliphatic rings. The Morgan fingerprint density at radius 1 is 1.53 bits per heavy atom. The summed E-state index contributed by atoms with van der Waals surface area (Å²) in [5, 5.41) is 11.8. The van der Waals surface area contributed by atoms with Gasteiger partial charge in [-0.3, -0.25) is 0 Å². The van der Waals surface area contributed by atoms with Gasteiger partial charge >= 0.3 is 6.03 Å². The lowest BCUT2D eigenvalue weighted by atomic mass is 10.1. The van der Waals surface area contributed by atoms with Gasteiger partial charge < -0.3 is 15.3 Å². The molecule has 4 nitrogen and oxygen atoms in total. The molecule has 0 spiro atoms. The van der Waals surface area contributed by atoms with Gasteiger partial charge in [0.15, 0.2) is 0 Å². The summed E-state index contributed by atoms with van der Waals surface area (Å²) in [6.45, 7) is 8.40. The number of nitrogens with zero attached hydrogens (tertiary/aromatic N) is 1. The van der Waals surface area contributed by atoms with Gasteiger partial charge in [-0.1, -0.05) is 19.1 Å². The number of urea groups is 1. The van der Waals surface area contributed by atoms with Crippen molar-refractivity contribution in [1.82, 2.24) is 4.90 Å². The lowest BCUT2D eigenvalue weighted by Gasteiger charge is -2.20. The molecule has 0 aliphatic heterocycles. The summed E-state index contributed by atoms with van der Waals surface area (Å²) in [5.74, 6) is 0. The molecule has 0 unspecified atom stereocenters. The zero-order chi connectivity index (χ0) is 14.3. The van der Waals surface area contributed by atoms with Gasteiger partial charge in [0, 0.05) is 18.8 Å². The molecule has 0 saturated heterocycles. The van der Waals surface area contributed by atoms with Crippen molar-refractivity contribution < 1.29 is 9.90 Å². The van der Waals surface area contributed by atoms with Crippen molar-refractivity contribution in [3.63, 3.8) is 0 Å². The number of amides is 2. The molecule has 1 rings (SSSR count). The summed E-state index contributed by atoms with van der Waals surface area (Å²) in [6.07, 6.45) is 2.57. The highest BCUT2D eigenvalue weighted by atomic mass is 16.3. The molecular weight excluding hydrogens is 240 g/mol. The van der Waals surface area contributed by atoms with Crippen molar-refractivity contribution in [2.24, 2.45) is 0 Å². The lowest BCUT2D eigenvalue weighted by molar-refractivity contribution is 0.195. The Bertz CT molecular complexity index is 444. The summed E-state index contributed by atoms with van der Waals surface area (Å²) in [7, 11) is 0. The number of nitrogens with one attached hydrogen (secondary N) is 1. The Morgan fingerprint density at radius 2 is 2.26 bits per heavy atom. The van der Waals surface area contributed by atoms with Crippen LogP contribution in [0.2, 0.25) is 0 Å². The molecule has 19 heavy (non-hydrogen) atoms. The molecule has 1 aromatic rings. The van der Waals surface area contributed by atoms with Crippen LogP contribution in [0.5, 0.6) is 0 Å². The minimum atomic E-state index is -0.222. The third-order valence-corrected chi connectivity index (χ3v) is 2.99. The molecule has 0 saturated carbocycles. The van der Waals surface area contributed by atoms with Crippen LogP contribution in [0.4, 0.5) is 10.5 Å². The largest absolute Gasteiger partial charge is 0.395 e. The average Bonchev–Trinajstić information content (AvgIpc) is 2.40. The maximum absolute atomic E-state index is 12.0. The molecule has 2 N–H and O–H groups in total. The van der Waals surface area contributed by atoms with E-state index in [1.165, 1.54) is 16.0 Å². The number of carbonyl (C=O) groups excluding carboxylic acids is 1. The average molecular weight is 262 g/mol. The molecule has 0 heterocycles. The molecule has 2 amide bonds. The second kappa shape index (κ2) is 7.59. The number of carbonyl (C=O) groups is 1. The fraction of sp³-hybridized carbons (Fsp3) is 0.400. The predicted octanol–water partition coefficient (Wildman–Crippen LogP) is 2.57. The number of anilines is 1. The van der Waals surface area contributed by atoms with Crippen LogP contribution in [0, 0.1) is 6.92 Å². The van der Waals surface area contributed by atoms with Gasteiger partial charge in [0.1, 0.15) is 0 Å². The van der Waals surface area contributed by atoms with E-state index in [0.29, 0.717) is 13.1 Å². The fourth-order valence-electron chi connectivity index (χ4n) is 1.88. The van der Waals surface area contributed by atoms with E-state index in [4.69, 9.17) is 5.11 Å². The van der Waals surface area contributed by atoms with Crippen LogP contribution in [-0.4, -0.2) is 35.7 Å². The zero-order valence-electron chi connectivity index (χ0n) is 11.6. The molecule has 0 aliphatic carbocycles. The first-order valence-corrected chi connectivity index (χ1v) is 6.49. The van der Waals surface area contributed by atoms with Crippen molar-refractivity contribution in [3.05, 3.63) is 42.0 Å². The molecule has 0 fully saturated rings. The summed E-state index contributed by atoms with van der Waals surface area (Å²) in [5.41, 5.74) is 3.22. The molecule has 1 aromatic carbocycles. The van der Waals surface area contributed by atoms with Crippen molar-refractivity contribution in [2.75, 3.05) is 25.0 Å². The quantitative estimate of drug-likeness (QED) is 0.774. The second-order valence-electron chi connectivity index (χ2n) is 4.38. The maximum atomic E-state index is 12.0. The summed E-state index contributed by atoms with van der Waals surface area (Å²) < 4.78 is 0. The summed E-state index contributed by atoms with van der Waals surface area (Å²) >= 11 is 0. The van der Waals surface area contributed by atoms with Crippen molar-refractivity contribution in [3.8, 4) is 0 Å². The maximum Gasteiger partial charge on any atom is 0.322 e. The van der Waals surface area contributed by atoms with Crippen LogP contribution < -0.4 is 5.32 Å². The van der Waals surface area contributed by atoms with Gasteiger partial charge in [-0.25, -0.2) is 4.79 Å². The van der Waals surface area contributed by atoms with Gasteiger partial charge in [0.05, 0.1) is 6.61 Å². The first-order chi connectivity index (χ1) is 9.12. The normalized spacial score (nSPS) is 10.1. The Kier molecular flexibility index (Phi) is 6.09. The monoisotopic (exact) mass is 262 g/mol. The van der Waals surface area contributed by atoms with Crippen molar-refractivity contribution in [2.45, 2.75) is 20.3 Å². The third kappa shape index (κ3) is 4.41. The number of aliphatic hydroxyl groups is 1. The summed E-state index contributed by atoms with van der Waals surface area (Å²) in [6, 6.07) is 5.65. The first kappa shape index (κ1) is 15.2. The molecule has 0 radical (unpaired) electrons. The third-order valence-electron chi connectivity index (χ3n) is 2.99. The molecule has 4 heteroatoms. The molecule has 0 aromatic heterocycles. The lowest BCUT2D eigenvalue weighted by Crippen LogP contribution is -2.37. The smallest absolute Gasteiger partial charge is 0.322 e. The second-order valence-corrected chi connectivity index (χ2v) is 4.38. The Labute approximate surface area is 114 Å². The first-order valence-electron chi connectivity index (χ1n) is 6.49. The SMILES string of the molecule is C=CCN(CCO)C(=O)Nc1ccc(C)c(CC)c1. The fourth-order valence-corrected chi connectivity index (χ4v) is 1.88. The van der Waals surface area contributed by atoms with E-state index in [9.17, 15) is 4.79 Å². The van der Waals surface area contributed by atoms with Crippen LogP contribution in [-0.2, 0) is 6.42 Å². The van der Waals surface area contributed by atoms with E-state index >= 15 is 0 Å². The molecule has 0 bridgehead atoms. The van der Waals surface area contributed by atoms with Crippen LogP contribution >= 0.6 is 0 Å². The number of aryl methyl sites for hydroxylation is 2. The van der Waals surface area contributed by atoms with Crippen LogP contribution in [0.25, 0.3) is 0 Å².